The predicted molar refractivity (Wildman–Crippen MR) is 99.4 cm³/mol. The van der Waals surface area contributed by atoms with Gasteiger partial charge >= 0.3 is 0 Å². The van der Waals surface area contributed by atoms with Gasteiger partial charge in [-0.15, -0.1) is 0 Å². The topological polar surface area (TPSA) is 102 Å². The van der Waals surface area contributed by atoms with E-state index in [9.17, 15) is 18.0 Å². The zero-order valence-corrected chi connectivity index (χ0v) is 15.2. The number of amides is 2. The molecule has 0 aliphatic carbocycles. The summed E-state index contributed by atoms with van der Waals surface area (Å²) in [6.45, 7) is 0. The Morgan fingerprint density at radius 2 is 1.69 bits per heavy atom. The molecule has 134 valence electrons. The molecule has 0 unspecified atom stereocenters. The first kappa shape index (κ1) is 18.0. The lowest BCUT2D eigenvalue weighted by Crippen LogP contribution is -2.17. The summed E-state index contributed by atoms with van der Waals surface area (Å²) in [6, 6.07) is 12.5. The van der Waals surface area contributed by atoms with Gasteiger partial charge in [0.2, 0.25) is 0 Å². The van der Waals surface area contributed by atoms with E-state index in [1.54, 1.807) is 36.4 Å². The van der Waals surface area contributed by atoms with Crippen LogP contribution in [0.25, 0.3) is 6.08 Å². The molecular weight excluding hydrogens is 376 g/mol. The summed E-state index contributed by atoms with van der Waals surface area (Å²) in [5, 5.41) is 1.73. The van der Waals surface area contributed by atoms with Crippen LogP contribution in [-0.4, -0.2) is 26.7 Å². The Labute approximate surface area is 154 Å². The second-order valence-electron chi connectivity index (χ2n) is 5.26. The molecule has 0 bridgehead atoms. The molecule has 1 aliphatic rings. The number of carbonyl (C=O) groups excluding carboxylic acids is 2. The highest BCUT2D eigenvalue weighted by atomic mass is 32.2. The first-order chi connectivity index (χ1) is 12.4. The summed E-state index contributed by atoms with van der Waals surface area (Å²) in [5.41, 5.74) is 1.02. The third kappa shape index (κ3) is 4.06. The maximum Gasteiger partial charge on any atom is 0.290 e. The van der Waals surface area contributed by atoms with E-state index < -0.39 is 21.2 Å². The summed E-state index contributed by atoms with van der Waals surface area (Å²) in [7, 11) is -2.22. The number of nitrogens with one attached hydrogen (secondary N) is 2. The third-order valence-electron chi connectivity index (χ3n) is 3.47. The van der Waals surface area contributed by atoms with Crippen LogP contribution < -0.4 is 14.8 Å². The fraction of sp³-hybridized carbons (Fsp3) is 0.0588. The SMILES string of the molecule is COc1ccc(NS(=O)(=O)c2ccc(/C=C3/SC(=O)NC3=O)cc2)cc1. The summed E-state index contributed by atoms with van der Waals surface area (Å²) >= 11 is 0.804. The number of methoxy groups -OCH3 is 1. The molecule has 1 heterocycles. The molecule has 2 amide bonds. The molecule has 0 radical (unpaired) electrons. The van der Waals surface area contributed by atoms with Gasteiger partial charge < -0.3 is 4.74 Å². The smallest absolute Gasteiger partial charge is 0.290 e. The van der Waals surface area contributed by atoms with Crippen LogP contribution in [0.5, 0.6) is 5.75 Å². The number of imide groups is 1. The van der Waals surface area contributed by atoms with Crippen LogP contribution in [0.3, 0.4) is 0 Å². The number of carbonyl (C=O) groups is 2. The number of sulfonamides is 1. The predicted octanol–water partition coefficient (Wildman–Crippen LogP) is 2.82. The number of hydrogen-bond donors (Lipinski definition) is 2. The van der Waals surface area contributed by atoms with Crippen molar-refractivity contribution >= 4 is 44.7 Å². The minimum absolute atomic E-state index is 0.0788. The van der Waals surface area contributed by atoms with E-state index in [1.807, 2.05) is 0 Å². The van der Waals surface area contributed by atoms with Crippen LogP contribution in [0, 0.1) is 0 Å². The number of thioether (sulfide) groups is 1. The lowest BCUT2D eigenvalue weighted by atomic mass is 10.2. The number of rotatable bonds is 5. The first-order valence-electron chi connectivity index (χ1n) is 7.39. The fourth-order valence-corrected chi connectivity index (χ4v) is 3.93. The van der Waals surface area contributed by atoms with Crippen molar-refractivity contribution in [1.82, 2.24) is 5.32 Å². The second-order valence-corrected chi connectivity index (χ2v) is 7.95. The van der Waals surface area contributed by atoms with E-state index in [0.717, 1.165) is 11.8 Å². The van der Waals surface area contributed by atoms with E-state index in [2.05, 4.69) is 10.0 Å². The van der Waals surface area contributed by atoms with E-state index in [4.69, 9.17) is 4.74 Å². The average molecular weight is 390 g/mol. The van der Waals surface area contributed by atoms with Crippen molar-refractivity contribution < 1.29 is 22.7 Å². The number of benzene rings is 2. The molecule has 9 heteroatoms. The Hall–Kier alpha value is -2.78. The van der Waals surface area contributed by atoms with Crippen LogP contribution in [0.4, 0.5) is 10.5 Å². The number of anilines is 1. The van der Waals surface area contributed by atoms with Gasteiger partial charge in [0.05, 0.1) is 16.9 Å². The zero-order valence-electron chi connectivity index (χ0n) is 13.6. The first-order valence-corrected chi connectivity index (χ1v) is 9.69. The maximum absolute atomic E-state index is 12.4. The molecule has 7 nitrogen and oxygen atoms in total. The van der Waals surface area contributed by atoms with Crippen LogP contribution in [0.2, 0.25) is 0 Å². The summed E-state index contributed by atoms with van der Waals surface area (Å²) in [5.74, 6) is 0.163. The molecule has 2 aromatic rings. The van der Waals surface area contributed by atoms with Gasteiger partial charge in [0.25, 0.3) is 21.2 Å². The van der Waals surface area contributed by atoms with Gasteiger partial charge in [-0.2, -0.15) is 0 Å². The van der Waals surface area contributed by atoms with Gasteiger partial charge in [0.15, 0.2) is 0 Å². The Morgan fingerprint density at radius 1 is 1.04 bits per heavy atom. The molecule has 3 rings (SSSR count). The van der Waals surface area contributed by atoms with Crippen molar-refractivity contribution in [1.29, 1.82) is 0 Å². The minimum atomic E-state index is -3.75. The van der Waals surface area contributed by atoms with E-state index in [-0.39, 0.29) is 9.80 Å². The third-order valence-corrected chi connectivity index (χ3v) is 5.68. The normalized spacial score (nSPS) is 15.8. The Morgan fingerprint density at radius 3 is 2.23 bits per heavy atom. The summed E-state index contributed by atoms with van der Waals surface area (Å²) in [6.07, 6.45) is 1.53. The molecular formula is C17H14N2O5S2. The largest absolute Gasteiger partial charge is 0.497 e. The molecule has 0 spiro atoms. The van der Waals surface area contributed by atoms with E-state index >= 15 is 0 Å². The fourth-order valence-electron chi connectivity index (χ4n) is 2.19. The summed E-state index contributed by atoms with van der Waals surface area (Å²) < 4.78 is 32.4. The van der Waals surface area contributed by atoms with Gasteiger partial charge in [0.1, 0.15) is 5.75 Å². The van der Waals surface area contributed by atoms with Crippen molar-refractivity contribution in [2.45, 2.75) is 4.90 Å². The number of ether oxygens (including phenoxy) is 1. The van der Waals surface area contributed by atoms with Crippen LogP contribution in [-0.2, 0) is 14.8 Å². The van der Waals surface area contributed by atoms with Crippen LogP contribution >= 0.6 is 11.8 Å². The van der Waals surface area contributed by atoms with Crippen LogP contribution in [0.15, 0.2) is 58.3 Å². The molecule has 2 aromatic carbocycles. The average Bonchev–Trinajstić information content (AvgIpc) is 2.93. The molecule has 0 aromatic heterocycles. The Bertz CT molecular complexity index is 981. The second kappa shape index (κ2) is 7.22. The number of hydrogen-bond acceptors (Lipinski definition) is 6. The van der Waals surface area contributed by atoms with Gasteiger partial charge in [-0.05, 0) is 59.8 Å². The van der Waals surface area contributed by atoms with Crippen molar-refractivity contribution in [2.75, 3.05) is 11.8 Å². The maximum atomic E-state index is 12.4. The van der Waals surface area contributed by atoms with Crippen molar-refractivity contribution in [3.63, 3.8) is 0 Å². The molecule has 2 N–H and O–H groups in total. The van der Waals surface area contributed by atoms with Crippen molar-refractivity contribution in [2.24, 2.45) is 0 Å². The summed E-state index contributed by atoms with van der Waals surface area (Å²) in [4.78, 5) is 23.0. The van der Waals surface area contributed by atoms with Crippen LogP contribution in [0.1, 0.15) is 5.56 Å². The zero-order chi connectivity index (χ0) is 18.7. The molecule has 1 aliphatic heterocycles. The molecule has 26 heavy (non-hydrogen) atoms. The molecule has 0 saturated carbocycles. The van der Waals surface area contributed by atoms with Gasteiger partial charge in [0, 0.05) is 5.69 Å². The van der Waals surface area contributed by atoms with Crippen molar-refractivity contribution in [3.05, 3.63) is 59.0 Å². The highest BCUT2D eigenvalue weighted by molar-refractivity contribution is 8.18. The minimum Gasteiger partial charge on any atom is -0.497 e. The Balaban J connectivity index is 1.77. The molecule has 1 saturated heterocycles. The van der Waals surface area contributed by atoms with Crippen molar-refractivity contribution in [3.8, 4) is 5.75 Å². The highest BCUT2D eigenvalue weighted by Gasteiger charge is 2.25. The van der Waals surface area contributed by atoms with Gasteiger partial charge in [-0.1, -0.05) is 12.1 Å². The molecule has 1 fully saturated rings. The lowest BCUT2D eigenvalue weighted by Gasteiger charge is -2.09. The Kier molecular flexibility index (Phi) is 5.01. The van der Waals surface area contributed by atoms with Gasteiger partial charge in [-0.3, -0.25) is 19.6 Å². The van der Waals surface area contributed by atoms with Gasteiger partial charge in [-0.25, -0.2) is 8.42 Å². The van der Waals surface area contributed by atoms with E-state index in [0.29, 0.717) is 17.0 Å². The quantitative estimate of drug-likeness (QED) is 0.761. The lowest BCUT2D eigenvalue weighted by molar-refractivity contribution is -0.115. The standard InChI is InChI=1S/C17H14N2O5S2/c1-24-13-6-4-12(5-7-13)19-26(22,23)14-8-2-11(3-9-14)10-15-16(20)18-17(21)25-15/h2-10,19H,1H3,(H,18,20,21)/b15-10+. The van der Waals surface area contributed by atoms with E-state index in [1.165, 1.54) is 25.3 Å². The molecule has 0 atom stereocenters. The highest BCUT2D eigenvalue weighted by Crippen LogP contribution is 2.26. The monoisotopic (exact) mass is 390 g/mol.